The summed E-state index contributed by atoms with van der Waals surface area (Å²) in [6.07, 6.45) is 3.43. The Morgan fingerprint density at radius 3 is 2.78 bits per heavy atom. The van der Waals surface area contributed by atoms with E-state index < -0.39 is 0 Å². The average Bonchev–Trinajstić information content (AvgIpc) is 2.91. The number of nitrogens with one attached hydrogen (secondary N) is 2. The van der Waals surface area contributed by atoms with Gasteiger partial charge in [0.2, 0.25) is 5.91 Å². The fourth-order valence-electron chi connectivity index (χ4n) is 1.66. The molecule has 0 fully saturated rings. The van der Waals surface area contributed by atoms with Crippen LogP contribution in [-0.4, -0.2) is 27.6 Å². The van der Waals surface area contributed by atoms with Gasteiger partial charge in [0.05, 0.1) is 0 Å². The van der Waals surface area contributed by atoms with Crippen molar-refractivity contribution < 1.29 is 4.79 Å². The van der Waals surface area contributed by atoms with Crippen molar-refractivity contribution in [2.45, 2.75) is 19.3 Å². The molecule has 0 unspecified atom stereocenters. The number of carbonyl (C=O) groups excluding carboxylic acids is 1. The van der Waals surface area contributed by atoms with E-state index in [9.17, 15) is 4.79 Å². The lowest BCUT2D eigenvalue weighted by Crippen LogP contribution is -2.26. The molecule has 0 bridgehead atoms. The van der Waals surface area contributed by atoms with Gasteiger partial charge in [0.1, 0.15) is 12.2 Å². The summed E-state index contributed by atoms with van der Waals surface area (Å²) in [6, 6.07) is 10.00. The molecule has 0 aliphatic heterocycles. The third kappa shape index (κ3) is 4.01. The van der Waals surface area contributed by atoms with E-state index in [-0.39, 0.29) is 5.91 Å². The number of hydrogen-bond acceptors (Lipinski definition) is 3. The van der Waals surface area contributed by atoms with E-state index in [4.69, 9.17) is 0 Å². The molecule has 1 aromatic carbocycles. The van der Waals surface area contributed by atoms with E-state index in [0.717, 1.165) is 12.2 Å². The lowest BCUT2D eigenvalue weighted by Gasteiger charge is -2.04. The molecule has 5 heteroatoms. The van der Waals surface area contributed by atoms with Crippen molar-refractivity contribution in [3.63, 3.8) is 0 Å². The van der Waals surface area contributed by atoms with Gasteiger partial charge in [0.25, 0.3) is 0 Å². The van der Waals surface area contributed by atoms with Gasteiger partial charge in [-0.15, -0.1) is 0 Å². The van der Waals surface area contributed by atoms with Crippen molar-refractivity contribution in [3.8, 4) is 0 Å². The number of aromatic nitrogens is 3. The molecule has 0 spiro atoms. The van der Waals surface area contributed by atoms with Crippen LogP contribution in [0.3, 0.4) is 0 Å². The van der Waals surface area contributed by atoms with Crippen LogP contribution in [-0.2, 0) is 17.6 Å². The van der Waals surface area contributed by atoms with E-state index >= 15 is 0 Å². The second-order valence-corrected chi connectivity index (χ2v) is 4.02. The highest BCUT2D eigenvalue weighted by molar-refractivity contribution is 5.76. The molecular formula is C13H16N4O. The maximum Gasteiger partial charge on any atom is 0.220 e. The zero-order chi connectivity index (χ0) is 12.6. The topological polar surface area (TPSA) is 70.7 Å². The third-order valence-electron chi connectivity index (χ3n) is 2.63. The summed E-state index contributed by atoms with van der Waals surface area (Å²) in [5, 5.41) is 9.37. The molecule has 1 heterocycles. The summed E-state index contributed by atoms with van der Waals surface area (Å²) in [6.45, 7) is 0.586. The number of aromatic amines is 1. The summed E-state index contributed by atoms with van der Waals surface area (Å²) in [5.74, 6) is 0.858. The van der Waals surface area contributed by atoms with Gasteiger partial charge in [-0.1, -0.05) is 30.3 Å². The number of nitrogens with zero attached hydrogens (tertiary/aromatic N) is 2. The molecule has 0 aliphatic rings. The highest BCUT2D eigenvalue weighted by Crippen LogP contribution is 2.01. The molecule has 1 amide bonds. The van der Waals surface area contributed by atoms with Gasteiger partial charge in [0, 0.05) is 19.4 Å². The molecule has 18 heavy (non-hydrogen) atoms. The first-order chi connectivity index (χ1) is 8.84. The molecule has 2 aromatic rings. The van der Waals surface area contributed by atoms with Gasteiger partial charge in [-0.2, -0.15) is 5.10 Å². The first-order valence-corrected chi connectivity index (χ1v) is 5.99. The maximum absolute atomic E-state index is 11.6. The number of amides is 1. The molecule has 0 aliphatic carbocycles. The zero-order valence-corrected chi connectivity index (χ0v) is 10.1. The van der Waals surface area contributed by atoms with Crippen LogP contribution < -0.4 is 5.32 Å². The molecule has 1 aromatic heterocycles. The van der Waals surface area contributed by atoms with Crippen molar-refractivity contribution in [1.29, 1.82) is 0 Å². The predicted octanol–water partition coefficient (Wildman–Crippen LogP) is 1.10. The van der Waals surface area contributed by atoms with Crippen molar-refractivity contribution in [1.82, 2.24) is 20.5 Å². The molecule has 0 saturated heterocycles. The van der Waals surface area contributed by atoms with Gasteiger partial charge >= 0.3 is 0 Å². The number of hydrogen-bond donors (Lipinski definition) is 2. The largest absolute Gasteiger partial charge is 0.356 e. The second-order valence-electron chi connectivity index (χ2n) is 4.02. The minimum Gasteiger partial charge on any atom is -0.356 e. The number of aryl methyl sites for hydroxylation is 1. The molecular weight excluding hydrogens is 228 g/mol. The molecule has 0 saturated carbocycles. The zero-order valence-electron chi connectivity index (χ0n) is 10.1. The van der Waals surface area contributed by atoms with Gasteiger partial charge in [-0.05, 0) is 12.0 Å². The number of rotatable bonds is 6. The quantitative estimate of drug-likeness (QED) is 0.799. The Bertz CT molecular complexity index is 467. The van der Waals surface area contributed by atoms with Crippen LogP contribution in [0.2, 0.25) is 0 Å². The van der Waals surface area contributed by atoms with Crippen LogP contribution in [0.4, 0.5) is 0 Å². The molecule has 5 nitrogen and oxygen atoms in total. The lowest BCUT2D eigenvalue weighted by molar-refractivity contribution is -0.121. The fourth-order valence-corrected chi connectivity index (χ4v) is 1.66. The third-order valence-corrected chi connectivity index (χ3v) is 2.63. The summed E-state index contributed by atoms with van der Waals surface area (Å²) in [7, 11) is 0. The Balaban J connectivity index is 1.63. The first kappa shape index (κ1) is 12.3. The van der Waals surface area contributed by atoms with Gasteiger partial charge in [0.15, 0.2) is 0 Å². The van der Waals surface area contributed by atoms with E-state index in [1.165, 1.54) is 11.9 Å². The molecule has 0 radical (unpaired) electrons. The van der Waals surface area contributed by atoms with Gasteiger partial charge in [-0.25, -0.2) is 4.98 Å². The minimum atomic E-state index is 0.0679. The number of H-pyrrole nitrogens is 1. The Kier molecular flexibility index (Phi) is 4.46. The molecule has 2 rings (SSSR count). The first-order valence-electron chi connectivity index (χ1n) is 5.99. The smallest absolute Gasteiger partial charge is 0.220 e. The SMILES string of the molecule is O=C(CCc1ccccc1)NCCc1ncn[nH]1. The molecule has 2 N–H and O–H groups in total. The second kappa shape index (κ2) is 6.54. The van der Waals surface area contributed by atoms with Crippen LogP contribution in [0.1, 0.15) is 17.8 Å². The molecule has 94 valence electrons. The standard InChI is InChI=1S/C13H16N4O/c18-13(7-6-11-4-2-1-3-5-11)14-9-8-12-15-10-16-17-12/h1-5,10H,6-9H2,(H,14,18)(H,15,16,17). The van der Waals surface area contributed by atoms with Crippen molar-refractivity contribution in [3.05, 3.63) is 48.0 Å². The summed E-state index contributed by atoms with van der Waals surface area (Å²) in [5.41, 5.74) is 1.18. The summed E-state index contributed by atoms with van der Waals surface area (Å²) >= 11 is 0. The fraction of sp³-hybridized carbons (Fsp3) is 0.308. The van der Waals surface area contributed by atoms with Gasteiger partial charge in [-0.3, -0.25) is 9.89 Å². The normalized spacial score (nSPS) is 10.2. The van der Waals surface area contributed by atoms with E-state index in [0.29, 0.717) is 19.4 Å². The van der Waals surface area contributed by atoms with Crippen molar-refractivity contribution in [2.24, 2.45) is 0 Å². The Labute approximate surface area is 106 Å². The van der Waals surface area contributed by atoms with Crippen LogP contribution in [0, 0.1) is 0 Å². The lowest BCUT2D eigenvalue weighted by atomic mass is 10.1. The number of carbonyl (C=O) groups is 1. The van der Waals surface area contributed by atoms with Crippen LogP contribution in [0.5, 0.6) is 0 Å². The summed E-state index contributed by atoms with van der Waals surface area (Å²) < 4.78 is 0. The van der Waals surface area contributed by atoms with Crippen molar-refractivity contribution >= 4 is 5.91 Å². The summed E-state index contributed by atoms with van der Waals surface area (Å²) in [4.78, 5) is 15.6. The highest BCUT2D eigenvalue weighted by Gasteiger charge is 2.02. The monoisotopic (exact) mass is 244 g/mol. The minimum absolute atomic E-state index is 0.0679. The van der Waals surface area contributed by atoms with Gasteiger partial charge < -0.3 is 5.32 Å². The predicted molar refractivity (Wildman–Crippen MR) is 67.9 cm³/mol. The Morgan fingerprint density at radius 1 is 1.22 bits per heavy atom. The van der Waals surface area contributed by atoms with Crippen LogP contribution in [0.15, 0.2) is 36.7 Å². The average molecular weight is 244 g/mol. The Morgan fingerprint density at radius 2 is 2.06 bits per heavy atom. The Hall–Kier alpha value is -2.17. The molecule has 0 atom stereocenters. The highest BCUT2D eigenvalue weighted by atomic mass is 16.1. The van der Waals surface area contributed by atoms with E-state index in [2.05, 4.69) is 20.5 Å². The van der Waals surface area contributed by atoms with Crippen LogP contribution in [0.25, 0.3) is 0 Å². The number of benzene rings is 1. The maximum atomic E-state index is 11.6. The van der Waals surface area contributed by atoms with E-state index in [1.807, 2.05) is 30.3 Å². The van der Waals surface area contributed by atoms with Crippen molar-refractivity contribution in [2.75, 3.05) is 6.54 Å². The van der Waals surface area contributed by atoms with E-state index in [1.54, 1.807) is 0 Å². The van der Waals surface area contributed by atoms with Crippen LogP contribution >= 0.6 is 0 Å².